The first kappa shape index (κ1) is 14.1. The smallest absolute Gasteiger partial charge is 0.320 e. The number of carboxylic acids is 2. The fourth-order valence-corrected chi connectivity index (χ4v) is 1.52. The van der Waals surface area contributed by atoms with Gasteiger partial charge in [0.25, 0.3) is 0 Å². The minimum Gasteiger partial charge on any atom is -0.481 e. The summed E-state index contributed by atoms with van der Waals surface area (Å²) in [7, 11) is 0. The third kappa shape index (κ3) is 5.40. The minimum absolute atomic E-state index is 0.0811. The molecule has 6 heteroatoms. The van der Waals surface area contributed by atoms with Crippen molar-refractivity contribution in [1.29, 1.82) is 0 Å². The summed E-state index contributed by atoms with van der Waals surface area (Å²) in [4.78, 5) is 25.2. The van der Waals surface area contributed by atoms with Crippen molar-refractivity contribution in [2.75, 3.05) is 6.54 Å². The Labute approximate surface area is 105 Å². The molecule has 0 radical (unpaired) electrons. The Morgan fingerprint density at radius 1 is 1.39 bits per heavy atom. The molecule has 3 N–H and O–H groups in total. The highest BCUT2D eigenvalue weighted by Crippen LogP contribution is 2.00. The van der Waals surface area contributed by atoms with Gasteiger partial charge in [0.15, 0.2) is 0 Å². The number of hydrogen-bond acceptors (Lipinski definition) is 4. The van der Waals surface area contributed by atoms with E-state index >= 15 is 0 Å². The second-order valence-electron chi connectivity index (χ2n) is 3.89. The zero-order valence-electron chi connectivity index (χ0n) is 9.87. The van der Waals surface area contributed by atoms with Crippen molar-refractivity contribution in [1.82, 2.24) is 10.3 Å². The summed E-state index contributed by atoms with van der Waals surface area (Å²) in [6.07, 6.45) is 3.97. The topological polar surface area (TPSA) is 99.5 Å². The number of aromatic nitrogens is 1. The molecule has 0 saturated heterocycles. The van der Waals surface area contributed by atoms with Gasteiger partial charge in [-0.15, -0.1) is 0 Å². The molecule has 1 heterocycles. The lowest BCUT2D eigenvalue weighted by molar-refractivity contribution is -0.140. The Morgan fingerprint density at radius 2 is 2.17 bits per heavy atom. The summed E-state index contributed by atoms with van der Waals surface area (Å²) in [5.41, 5.74) is 1.01. The Morgan fingerprint density at radius 3 is 2.72 bits per heavy atom. The fourth-order valence-electron chi connectivity index (χ4n) is 1.52. The van der Waals surface area contributed by atoms with Crippen LogP contribution in [-0.4, -0.2) is 39.7 Å². The van der Waals surface area contributed by atoms with Gasteiger partial charge in [-0.05, 0) is 24.5 Å². The average molecular weight is 252 g/mol. The highest BCUT2D eigenvalue weighted by Gasteiger charge is 2.17. The van der Waals surface area contributed by atoms with Crippen molar-refractivity contribution in [3.05, 3.63) is 30.1 Å². The fraction of sp³-hybridized carbons (Fsp3) is 0.417. The van der Waals surface area contributed by atoms with Crippen LogP contribution in [0.25, 0.3) is 0 Å². The molecule has 6 nitrogen and oxygen atoms in total. The summed E-state index contributed by atoms with van der Waals surface area (Å²) in [6.45, 7) is 0.474. The molecule has 18 heavy (non-hydrogen) atoms. The van der Waals surface area contributed by atoms with Crippen molar-refractivity contribution in [3.63, 3.8) is 0 Å². The van der Waals surface area contributed by atoms with E-state index in [0.717, 1.165) is 5.56 Å². The molecule has 1 atom stereocenters. The number of rotatable bonds is 8. The zero-order valence-corrected chi connectivity index (χ0v) is 9.87. The molecule has 0 bridgehead atoms. The lowest BCUT2D eigenvalue weighted by Gasteiger charge is -2.13. The number of pyridine rings is 1. The maximum Gasteiger partial charge on any atom is 0.320 e. The first-order chi connectivity index (χ1) is 8.59. The Hall–Kier alpha value is -1.95. The Kier molecular flexibility index (Phi) is 5.79. The number of aliphatic carboxylic acids is 2. The molecular weight excluding hydrogens is 236 g/mol. The third-order valence-corrected chi connectivity index (χ3v) is 2.47. The molecule has 0 amide bonds. The number of carbonyl (C=O) groups is 2. The van der Waals surface area contributed by atoms with Gasteiger partial charge < -0.3 is 15.5 Å². The van der Waals surface area contributed by atoms with E-state index in [4.69, 9.17) is 10.2 Å². The monoisotopic (exact) mass is 252 g/mol. The molecule has 0 aliphatic rings. The molecule has 1 unspecified atom stereocenters. The van der Waals surface area contributed by atoms with Gasteiger partial charge in [-0.3, -0.25) is 14.6 Å². The molecule has 1 aromatic rings. The summed E-state index contributed by atoms with van der Waals surface area (Å²) < 4.78 is 0. The van der Waals surface area contributed by atoms with Gasteiger partial charge in [-0.2, -0.15) is 0 Å². The number of nitrogens with zero attached hydrogens (tertiary/aromatic N) is 1. The van der Waals surface area contributed by atoms with E-state index in [1.165, 1.54) is 0 Å². The lowest BCUT2D eigenvalue weighted by Crippen LogP contribution is -2.38. The summed E-state index contributed by atoms with van der Waals surface area (Å²) in [5, 5.41) is 20.3. The molecule has 0 fully saturated rings. The highest BCUT2D eigenvalue weighted by atomic mass is 16.4. The summed E-state index contributed by atoms with van der Waals surface area (Å²) >= 11 is 0. The van der Waals surface area contributed by atoms with E-state index in [-0.39, 0.29) is 12.8 Å². The van der Waals surface area contributed by atoms with E-state index in [2.05, 4.69) is 10.3 Å². The third-order valence-electron chi connectivity index (χ3n) is 2.47. The van der Waals surface area contributed by atoms with Gasteiger partial charge in [-0.25, -0.2) is 0 Å². The standard InChI is InChI=1S/C12H16N2O4/c15-11(16)4-3-10(12(17)18)14-7-5-9-2-1-6-13-8-9/h1-2,6,8,10,14H,3-5,7H2,(H,15,16)(H,17,18). The quantitative estimate of drug-likeness (QED) is 0.624. The summed E-state index contributed by atoms with van der Waals surface area (Å²) in [5.74, 6) is -2.02. The number of nitrogens with one attached hydrogen (secondary N) is 1. The van der Waals surface area contributed by atoms with Gasteiger partial charge >= 0.3 is 11.9 Å². The maximum absolute atomic E-state index is 10.9. The molecule has 0 aliphatic heterocycles. The van der Waals surface area contributed by atoms with Gasteiger partial charge in [0.2, 0.25) is 0 Å². The van der Waals surface area contributed by atoms with Crippen molar-refractivity contribution in [2.45, 2.75) is 25.3 Å². The SMILES string of the molecule is O=C(O)CCC(NCCc1cccnc1)C(=O)O. The van der Waals surface area contributed by atoms with Crippen LogP contribution in [0.5, 0.6) is 0 Å². The second-order valence-corrected chi connectivity index (χ2v) is 3.89. The zero-order chi connectivity index (χ0) is 13.4. The van der Waals surface area contributed by atoms with Crippen LogP contribution in [0.4, 0.5) is 0 Å². The molecule has 0 aliphatic carbocycles. The van der Waals surface area contributed by atoms with Gasteiger partial charge in [0.1, 0.15) is 6.04 Å². The second kappa shape index (κ2) is 7.39. The first-order valence-electron chi connectivity index (χ1n) is 5.66. The minimum atomic E-state index is -1.03. The van der Waals surface area contributed by atoms with Gasteiger partial charge in [0.05, 0.1) is 0 Å². The van der Waals surface area contributed by atoms with Crippen LogP contribution in [0.3, 0.4) is 0 Å². The molecule has 0 spiro atoms. The highest BCUT2D eigenvalue weighted by molar-refractivity contribution is 5.75. The molecular formula is C12H16N2O4. The molecule has 98 valence electrons. The lowest BCUT2D eigenvalue weighted by atomic mass is 10.1. The van der Waals surface area contributed by atoms with Crippen molar-refractivity contribution >= 4 is 11.9 Å². The van der Waals surface area contributed by atoms with E-state index in [1.807, 2.05) is 12.1 Å². The Balaban J connectivity index is 2.34. The van der Waals surface area contributed by atoms with Crippen LogP contribution < -0.4 is 5.32 Å². The predicted molar refractivity (Wildman–Crippen MR) is 64.2 cm³/mol. The van der Waals surface area contributed by atoms with Crippen molar-refractivity contribution in [2.24, 2.45) is 0 Å². The van der Waals surface area contributed by atoms with Gasteiger partial charge in [-0.1, -0.05) is 6.07 Å². The van der Waals surface area contributed by atoms with Crippen LogP contribution in [-0.2, 0) is 16.0 Å². The Bertz CT molecular complexity index is 394. The molecule has 0 saturated carbocycles. The van der Waals surface area contributed by atoms with Crippen molar-refractivity contribution < 1.29 is 19.8 Å². The van der Waals surface area contributed by atoms with E-state index in [0.29, 0.717) is 13.0 Å². The van der Waals surface area contributed by atoms with E-state index in [1.54, 1.807) is 12.4 Å². The van der Waals surface area contributed by atoms with Crippen molar-refractivity contribution in [3.8, 4) is 0 Å². The largest absolute Gasteiger partial charge is 0.481 e. The molecule has 0 aromatic carbocycles. The van der Waals surface area contributed by atoms with E-state index in [9.17, 15) is 9.59 Å². The van der Waals surface area contributed by atoms with E-state index < -0.39 is 18.0 Å². The summed E-state index contributed by atoms with van der Waals surface area (Å²) in [6, 6.07) is 2.90. The van der Waals surface area contributed by atoms with Crippen LogP contribution >= 0.6 is 0 Å². The molecule has 1 rings (SSSR count). The average Bonchev–Trinajstić information content (AvgIpc) is 2.34. The normalized spacial score (nSPS) is 12.0. The van der Waals surface area contributed by atoms with Gasteiger partial charge in [0, 0.05) is 25.4 Å². The number of carboxylic acid groups (broad SMARTS) is 2. The van der Waals surface area contributed by atoms with Crippen LogP contribution in [0.15, 0.2) is 24.5 Å². The predicted octanol–water partition coefficient (Wildman–Crippen LogP) is 0.532. The maximum atomic E-state index is 10.9. The number of hydrogen-bond donors (Lipinski definition) is 3. The van der Waals surface area contributed by atoms with Crippen LogP contribution in [0.1, 0.15) is 18.4 Å². The molecule has 1 aromatic heterocycles. The van der Waals surface area contributed by atoms with Crippen LogP contribution in [0.2, 0.25) is 0 Å². The first-order valence-corrected chi connectivity index (χ1v) is 5.66. The van der Waals surface area contributed by atoms with Crippen LogP contribution in [0, 0.1) is 0 Å².